The molecule has 0 fully saturated rings. The average molecular weight is 326 g/mol. The van der Waals surface area contributed by atoms with Crippen LogP contribution >= 0.6 is 11.6 Å². The number of ketones is 1. The Morgan fingerprint density at radius 3 is 2.59 bits per heavy atom. The maximum absolute atomic E-state index is 12.3. The summed E-state index contributed by atoms with van der Waals surface area (Å²) in [6, 6.07) is 5.20. The molecule has 0 saturated heterocycles. The summed E-state index contributed by atoms with van der Waals surface area (Å²) >= 11 is 6.13. The fraction of sp³-hybridized carbons (Fsp3) is 0.438. The molecule has 0 aliphatic carbocycles. The van der Waals surface area contributed by atoms with Crippen molar-refractivity contribution in [3.8, 4) is 0 Å². The lowest BCUT2D eigenvalue weighted by atomic mass is 9.97. The zero-order valence-electron chi connectivity index (χ0n) is 12.8. The van der Waals surface area contributed by atoms with E-state index in [1.54, 1.807) is 18.2 Å². The highest BCUT2D eigenvalue weighted by atomic mass is 35.5. The quantitative estimate of drug-likeness (QED) is 0.453. The van der Waals surface area contributed by atoms with Gasteiger partial charge < -0.3 is 10.1 Å². The highest BCUT2D eigenvalue weighted by Crippen LogP contribution is 2.23. The van der Waals surface area contributed by atoms with Gasteiger partial charge in [-0.2, -0.15) is 0 Å². The molecule has 0 heterocycles. The van der Waals surface area contributed by atoms with Crippen molar-refractivity contribution in [2.24, 2.45) is 0 Å². The van der Waals surface area contributed by atoms with Crippen LogP contribution in [0.5, 0.6) is 0 Å². The molecule has 6 heteroatoms. The number of aryl methyl sites for hydroxylation is 1. The van der Waals surface area contributed by atoms with Crippen LogP contribution in [0.3, 0.4) is 0 Å². The Morgan fingerprint density at radius 1 is 1.23 bits per heavy atom. The smallest absolute Gasteiger partial charge is 0.305 e. The highest BCUT2D eigenvalue weighted by Gasteiger charge is 2.16. The Balaban J connectivity index is 2.72. The number of nitrogens with one attached hydrogen (secondary N) is 1. The number of hydrogen-bond donors (Lipinski definition) is 1. The molecule has 1 aromatic rings. The summed E-state index contributed by atoms with van der Waals surface area (Å²) in [5.74, 6) is -0.538. The standard InChI is InChI=1S/C16H20ClNO4/c1-11(19)18-10-4-7-14(20)16-12(5-3-6-13(16)17)8-9-15(21)22-2/h3,5-6H,4,7-10H2,1-2H3,(H,18,19). The maximum Gasteiger partial charge on any atom is 0.305 e. The molecule has 0 bridgehead atoms. The SMILES string of the molecule is COC(=O)CCc1cccc(Cl)c1C(=O)CCCNC(C)=O. The highest BCUT2D eigenvalue weighted by molar-refractivity contribution is 6.34. The van der Waals surface area contributed by atoms with Crippen LogP contribution in [0.2, 0.25) is 5.02 Å². The third-order valence-corrected chi connectivity index (χ3v) is 3.47. The third-order valence-electron chi connectivity index (χ3n) is 3.16. The van der Waals surface area contributed by atoms with Crippen molar-refractivity contribution in [3.05, 3.63) is 34.3 Å². The van der Waals surface area contributed by atoms with Gasteiger partial charge in [0.15, 0.2) is 5.78 Å². The monoisotopic (exact) mass is 325 g/mol. The molecule has 0 saturated carbocycles. The van der Waals surface area contributed by atoms with Crippen molar-refractivity contribution < 1.29 is 19.1 Å². The summed E-state index contributed by atoms with van der Waals surface area (Å²) in [6.07, 6.45) is 1.43. The van der Waals surface area contributed by atoms with E-state index in [0.717, 1.165) is 5.56 Å². The topological polar surface area (TPSA) is 72.5 Å². The molecular weight excluding hydrogens is 306 g/mol. The summed E-state index contributed by atoms with van der Waals surface area (Å²) in [5, 5.41) is 3.03. The molecule has 0 aliphatic heterocycles. The van der Waals surface area contributed by atoms with Crippen molar-refractivity contribution in [2.75, 3.05) is 13.7 Å². The number of hydrogen-bond acceptors (Lipinski definition) is 4. The van der Waals surface area contributed by atoms with Crippen molar-refractivity contribution in [1.82, 2.24) is 5.32 Å². The van der Waals surface area contributed by atoms with Gasteiger partial charge in [0.05, 0.1) is 12.1 Å². The van der Waals surface area contributed by atoms with E-state index in [9.17, 15) is 14.4 Å². The zero-order chi connectivity index (χ0) is 16.5. The lowest BCUT2D eigenvalue weighted by molar-refractivity contribution is -0.140. The molecule has 1 aromatic carbocycles. The minimum absolute atomic E-state index is 0.0872. The van der Waals surface area contributed by atoms with Gasteiger partial charge in [0.25, 0.3) is 0 Å². The number of benzene rings is 1. The summed E-state index contributed by atoms with van der Waals surface area (Å²) in [6.45, 7) is 1.88. The Bertz CT molecular complexity index is 557. The van der Waals surface area contributed by atoms with Crippen molar-refractivity contribution >= 4 is 29.3 Å². The van der Waals surface area contributed by atoms with E-state index in [-0.39, 0.29) is 30.5 Å². The van der Waals surface area contributed by atoms with E-state index in [1.165, 1.54) is 14.0 Å². The van der Waals surface area contributed by atoms with Gasteiger partial charge in [-0.3, -0.25) is 14.4 Å². The Labute approximate surface area is 135 Å². The first-order valence-electron chi connectivity index (χ1n) is 7.07. The number of ether oxygens (including phenoxy) is 1. The van der Waals surface area contributed by atoms with Crippen molar-refractivity contribution in [2.45, 2.75) is 32.6 Å². The molecule has 0 spiro atoms. The summed E-state index contributed by atoms with van der Waals surface area (Å²) in [5.41, 5.74) is 1.19. The summed E-state index contributed by atoms with van der Waals surface area (Å²) in [4.78, 5) is 34.4. The van der Waals surface area contributed by atoms with Gasteiger partial charge in [0.2, 0.25) is 5.91 Å². The summed E-state index contributed by atoms with van der Waals surface area (Å²) < 4.78 is 4.61. The number of carbonyl (C=O) groups is 3. The number of amides is 1. The van der Waals surface area contributed by atoms with Crippen molar-refractivity contribution in [1.29, 1.82) is 0 Å². The molecule has 120 valence electrons. The van der Waals surface area contributed by atoms with Gasteiger partial charge >= 0.3 is 5.97 Å². The summed E-state index contributed by atoms with van der Waals surface area (Å²) in [7, 11) is 1.33. The van der Waals surface area contributed by atoms with Crippen LogP contribution in [0, 0.1) is 0 Å². The van der Waals surface area contributed by atoms with Gasteiger partial charge in [-0.15, -0.1) is 0 Å². The minimum atomic E-state index is -0.330. The fourth-order valence-electron chi connectivity index (χ4n) is 2.07. The van der Waals surface area contributed by atoms with Crippen LogP contribution < -0.4 is 5.32 Å². The molecular formula is C16H20ClNO4. The minimum Gasteiger partial charge on any atom is -0.469 e. The molecule has 0 atom stereocenters. The maximum atomic E-state index is 12.3. The second-order valence-corrected chi connectivity index (χ2v) is 5.27. The molecule has 0 radical (unpaired) electrons. The normalized spacial score (nSPS) is 10.1. The van der Waals surface area contributed by atoms with E-state index in [2.05, 4.69) is 10.1 Å². The van der Waals surface area contributed by atoms with E-state index < -0.39 is 0 Å². The number of carbonyl (C=O) groups excluding carboxylic acids is 3. The van der Waals surface area contributed by atoms with E-state index >= 15 is 0 Å². The van der Waals surface area contributed by atoms with Gasteiger partial charge in [0.1, 0.15) is 0 Å². The molecule has 1 rings (SSSR count). The van der Waals surface area contributed by atoms with Crippen LogP contribution in [0.25, 0.3) is 0 Å². The molecule has 1 N–H and O–H groups in total. The van der Waals surface area contributed by atoms with Crippen LogP contribution in [-0.2, 0) is 20.7 Å². The molecule has 0 aromatic heterocycles. The predicted molar refractivity (Wildman–Crippen MR) is 84.0 cm³/mol. The molecule has 5 nitrogen and oxygen atoms in total. The Morgan fingerprint density at radius 2 is 1.95 bits per heavy atom. The largest absolute Gasteiger partial charge is 0.469 e. The van der Waals surface area contributed by atoms with Crippen LogP contribution in [0.4, 0.5) is 0 Å². The van der Waals surface area contributed by atoms with Crippen LogP contribution in [-0.4, -0.2) is 31.3 Å². The van der Waals surface area contributed by atoms with Crippen LogP contribution in [0.15, 0.2) is 18.2 Å². The number of halogens is 1. The Hall–Kier alpha value is -1.88. The number of rotatable bonds is 8. The first-order valence-corrected chi connectivity index (χ1v) is 7.45. The van der Waals surface area contributed by atoms with Gasteiger partial charge in [-0.25, -0.2) is 0 Å². The zero-order valence-corrected chi connectivity index (χ0v) is 13.5. The lowest BCUT2D eigenvalue weighted by Crippen LogP contribution is -2.21. The molecule has 0 aliphatic rings. The Kier molecular flexibility index (Phi) is 7.60. The molecule has 0 unspecified atom stereocenters. The van der Waals surface area contributed by atoms with Crippen molar-refractivity contribution in [3.63, 3.8) is 0 Å². The molecule has 22 heavy (non-hydrogen) atoms. The average Bonchev–Trinajstić information content (AvgIpc) is 2.48. The van der Waals surface area contributed by atoms with Gasteiger partial charge in [-0.1, -0.05) is 23.7 Å². The third kappa shape index (κ3) is 5.85. The van der Waals surface area contributed by atoms with Gasteiger partial charge in [-0.05, 0) is 24.5 Å². The first kappa shape index (κ1) is 18.2. The fourth-order valence-corrected chi connectivity index (χ4v) is 2.37. The van der Waals surface area contributed by atoms with E-state index in [4.69, 9.17) is 11.6 Å². The van der Waals surface area contributed by atoms with Gasteiger partial charge in [0, 0.05) is 31.9 Å². The van der Waals surface area contributed by atoms with E-state index in [1.807, 2.05) is 0 Å². The number of esters is 1. The number of methoxy groups -OCH3 is 1. The first-order chi connectivity index (χ1) is 10.5. The number of Topliss-reactive ketones (excluding diaryl/α,β-unsaturated/α-hetero) is 1. The lowest BCUT2D eigenvalue weighted by Gasteiger charge is -2.10. The van der Waals surface area contributed by atoms with E-state index in [0.29, 0.717) is 30.0 Å². The molecule has 1 amide bonds. The second-order valence-electron chi connectivity index (χ2n) is 4.86. The second kappa shape index (κ2) is 9.20. The van der Waals surface area contributed by atoms with Crippen LogP contribution in [0.1, 0.15) is 42.1 Å². The predicted octanol–water partition coefficient (Wildman–Crippen LogP) is 2.54.